The summed E-state index contributed by atoms with van der Waals surface area (Å²) in [6, 6.07) is 5.70. The third kappa shape index (κ3) is 2.61. The maximum Gasteiger partial charge on any atom is 0.151 e. The van der Waals surface area contributed by atoms with Gasteiger partial charge in [0.2, 0.25) is 0 Å². The van der Waals surface area contributed by atoms with Crippen molar-refractivity contribution in [3.05, 3.63) is 17.8 Å². The molecule has 0 saturated heterocycles. The maximum absolute atomic E-state index is 8.71. The summed E-state index contributed by atoms with van der Waals surface area (Å²) in [6.07, 6.45) is 1.47. The third-order valence-corrected chi connectivity index (χ3v) is 2.15. The summed E-state index contributed by atoms with van der Waals surface area (Å²) in [7, 11) is 1.82. The largest absolute Gasteiger partial charge is 0.396 e. The lowest BCUT2D eigenvalue weighted by atomic mass is 10.2. The van der Waals surface area contributed by atoms with Crippen LogP contribution in [-0.2, 0) is 0 Å². The van der Waals surface area contributed by atoms with Gasteiger partial charge in [-0.25, -0.2) is 4.98 Å². The molecule has 0 aliphatic heterocycles. The summed E-state index contributed by atoms with van der Waals surface area (Å²) in [4.78, 5) is 5.92. The van der Waals surface area contributed by atoms with E-state index in [9.17, 15) is 0 Å². The molecule has 0 aromatic carbocycles. The summed E-state index contributed by atoms with van der Waals surface area (Å²) in [5.74, 6) is 0.503. The van der Waals surface area contributed by atoms with Crippen molar-refractivity contribution in [1.82, 2.24) is 4.98 Å². The van der Waals surface area contributed by atoms with Gasteiger partial charge < -0.3 is 10.6 Å². The predicted octanol–water partition coefficient (Wildman–Crippen LogP) is 1.13. The van der Waals surface area contributed by atoms with Crippen LogP contribution in [0.25, 0.3) is 0 Å². The van der Waals surface area contributed by atoms with Gasteiger partial charge in [-0.05, 0) is 13.0 Å². The van der Waals surface area contributed by atoms with Crippen LogP contribution in [0.1, 0.15) is 12.5 Å². The van der Waals surface area contributed by atoms with Crippen molar-refractivity contribution in [2.24, 2.45) is 5.92 Å². The van der Waals surface area contributed by atoms with Crippen molar-refractivity contribution in [3.63, 3.8) is 0 Å². The first-order valence-electron chi connectivity index (χ1n) is 4.85. The lowest BCUT2D eigenvalue weighted by Gasteiger charge is -2.20. The molecule has 0 saturated carbocycles. The van der Waals surface area contributed by atoms with E-state index in [1.165, 1.54) is 6.20 Å². The normalized spacial score (nSPS) is 11.2. The standard InChI is InChI=1S/C11H13N5/c1-8(4-12)7-16(2)11-10(14)3-9(5-13)6-15-11/h3,6,8H,7,14H2,1-2H3. The minimum Gasteiger partial charge on any atom is -0.396 e. The number of nitriles is 2. The molecule has 0 amide bonds. The average molecular weight is 215 g/mol. The predicted molar refractivity (Wildman–Crippen MR) is 61.4 cm³/mol. The smallest absolute Gasteiger partial charge is 0.151 e. The summed E-state index contributed by atoms with van der Waals surface area (Å²) in [5.41, 5.74) is 6.66. The molecule has 0 aliphatic rings. The molecule has 0 spiro atoms. The quantitative estimate of drug-likeness (QED) is 0.816. The highest BCUT2D eigenvalue weighted by atomic mass is 15.2. The van der Waals surface area contributed by atoms with Gasteiger partial charge in [0.25, 0.3) is 0 Å². The Balaban J connectivity index is 2.89. The molecule has 0 bridgehead atoms. The Morgan fingerprint density at radius 2 is 2.25 bits per heavy atom. The minimum absolute atomic E-state index is 0.0955. The Bertz CT molecular complexity index is 454. The minimum atomic E-state index is -0.0955. The van der Waals surface area contributed by atoms with Crippen LogP contribution in [0.5, 0.6) is 0 Å². The molecule has 0 radical (unpaired) electrons. The second-order valence-electron chi connectivity index (χ2n) is 3.66. The molecule has 5 heteroatoms. The number of rotatable bonds is 3. The zero-order valence-corrected chi connectivity index (χ0v) is 9.31. The number of nitrogens with two attached hydrogens (primary N) is 1. The molecule has 16 heavy (non-hydrogen) atoms. The van der Waals surface area contributed by atoms with E-state index in [2.05, 4.69) is 11.1 Å². The number of anilines is 2. The number of hydrogen-bond acceptors (Lipinski definition) is 5. The molecule has 1 rings (SSSR count). The number of aromatic nitrogens is 1. The average Bonchev–Trinajstić information content (AvgIpc) is 2.28. The number of nitrogens with zero attached hydrogens (tertiary/aromatic N) is 4. The van der Waals surface area contributed by atoms with E-state index in [0.717, 1.165) is 0 Å². The van der Waals surface area contributed by atoms with E-state index in [-0.39, 0.29) is 5.92 Å². The first kappa shape index (κ1) is 11.8. The first-order valence-corrected chi connectivity index (χ1v) is 4.85. The molecule has 1 aromatic heterocycles. The van der Waals surface area contributed by atoms with Gasteiger partial charge in [-0.1, -0.05) is 0 Å². The fraction of sp³-hybridized carbons (Fsp3) is 0.364. The summed E-state index contributed by atoms with van der Waals surface area (Å²) < 4.78 is 0. The van der Waals surface area contributed by atoms with Gasteiger partial charge in [0.15, 0.2) is 5.82 Å². The SMILES string of the molecule is CC(C#N)CN(C)c1ncc(C#N)cc1N. The van der Waals surface area contributed by atoms with Crippen molar-refractivity contribution < 1.29 is 0 Å². The lowest BCUT2D eigenvalue weighted by molar-refractivity contribution is 0.711. The number of hydrogen-bond donors (Lipinski definition) is 1. The number of pyridine rings is 1. The van der Waals surface area contributed by atoms with Crippen LogP contribution < -0.4 is 10.6 Å². The van der Waals surface area contributed by atoms with Crippen LogP contribution in [0.15, 0.2) is 12.3 Å². The molecule has 2 N–H and O–H groups in total. The summed E-state index contributed by atoms with van der Waals surface area (Å²) in [6.45, 7) is 2.38. The molecule has 5 nitrogen and oxygen atoms in total. The van der Waals surface area contributed by atoms with Crippen molar-refractivity contribution in [2.45, 2.75) is 6.92 Å². The van der Waals surface area contributed by atoms with E-state index in [4.69, 9.17) is 16.3 Å². The van der Waals surface area contributed by atoms with Crippen molar-refractivity contribution in [2.75, 3.05) is 24.2 Å². The second-order valence-corrected chi connectivity index (χ2v) is 3.66. The molecule has 0 aliphatic carbocycles. The fourth-order valence-electron chi connectivity index (χ4n) is 1.39. The van der Waals surface area contributed by atoms with Crippen LogP contribution in [0.2, 0.25) is 0 Å². The van der Waals surface area contributed by atoms with Gasteiger partial charge in [0.1, 0.15) is 6.07 Å². The van der Waals surface area contributed by atoms with E-state index < -0.39 is 0 Å². The van der Waals surface area contributed by atoms with E-state index in [0.29, 0.717) is 23.6 Å². The highest BCUT2D eigenvalue weighted by Gasteiger charge is 2.10. The molecule has 1 aromatic rings. The first-order chi connectivity index (χ1) is 7.58. The third-order valence-electron chi connectivity index (χ3n) is 2.15. The van der Waals surface area contributed by atoms with Crippen LogP contribution in [0.4, 0.5) is 11.5 Å². The molecular weight excluding hydrogens is 202 g/mol. The highest BCUT2D eigenvalue weighted by Crippen LogP contribution is 2.20. The van der Waals surface area contributed by atoms with E-state index >= 15 is 0 Å². The maximum atomic E-state index is 8.71. The molecule has 1 heterocycles. The second kappa shape index (κ2) is 4.99. The van der Waals surface area contributed by atoms with Crippen LogP contribution in [0, 0.1) is 28.6 Å². The van der Waals surface area contributed by atoms with Gasteiger partial charge in [-0.2, -0.15) is 10.5 Å². The van der Waals surface area contributed by atoms with Crippen LogP contribution >= 0.6 is 0 Å². The summed E-state index contributed by atoms with van der Waals surface area (Å²) >= 11 is 0. The molecule has 0 fully saturated rings. The summed E-state index contributed by atoms with van der Waals surface area (Å²) in [5, 5.41) is 17.4. The van der Waals surface area contributed by atoms with Crippen molar-refractivity contribution in [1.29, 1.82) is 10.5 Å². The van der Waals surface area contributed by atoms with Gasteiger partial charge in [-0.15, -0.1) is 0 Å². The number of nitrogen functional groups attached to an aromatic ring is 1. The fourth-order valence-corrected chi connectivity index (χ4v) is 1.39. The molecule has 82 valence electrons. The van der Waals surface area contributed by atoms with Gasteiger partial charge in [0.05, 0.1) is 23.2 Å². The van der Waals surface area contributed by atoms with Gasteiger partial charge >= 0.3 is 0 Å². The molecule has 1 atom stereocenters. The Hall–Kier alpha value is -2.27. The van der Waals surface area contributed by atoms with Crippen molar-refractivity contribution >= 4 is 11.5 Å². The Kier molecular flexibility index (Phi) is 3.68. The zero-order valence-electron chi connectivity index (χ0n) is 9.31. The molecule has 1 unspecified atom stereocenters. The van der Waals surface area contributed by atoms with Crippen LogP contribution in [-0.4, -0.2) is 18.6 Å². The highest BCUT2D eigenvalue weighted by molar-refractivity contribution is 5.64. The Morgan fingerprint density at radius 3 is 2.75 bits per heavy atom. The lowest BCUT2D eigenvalue weighted by Crippen LogP contribution is -2.25. The monoisotopic (exact) mass is 215 g/mol. The van der Waals surface area contributed by atoms with Crippen molar-refractivity contribution in [3.8, 4) is 12.1 Å². The van der Waals surface area contributed by atoms with Crippen LogP contribution in [0.3, 0.4) is 0 Å². The zero-order chi connectivity index (χ0) is 12.1. The molecular formula is C11H13N5. The topological polar surface area (TPSA) is 89.7 Å². The Labute approximate surface area is 94.7 Å². The van der Waals surface area contributed by atoms with Gasteiger partial charge in [0, 0.05) is 19.8 Å². The van der Waals surface area contributed by atoms with Gasteiger partial charge in [-0.3, -0.25) is 0 Å². The Morgan fingerprint density at radius 1 is 1.56 bits per heavy atom. The van der Waals surface area contributed by atoms with E-state index in [1.54, 1.807) is 6.07 Å². The van der Waals surface area contributed by atoms with E-state index in [1.807, 2.05) is 24.9 Å².